The van der Waals surface area contributed by atoms with E-state index in [1.807, 2.05) is 0 Å². The molecule has 0 bridgehead atoms. The predicted molar refractivity (Wildman–Crippen MR) is 72.6 cm³/mol. The fourth-order valence-corrected chi connectivity index (χ4v) is 3.23. The molecule has 0 aliphatic heterocycles. The number of rotatable bonds is 6. The van der Waals surface area contributed by atoms with Crippen LogP contribution in [0.15, 0.2) is 0 Å². The van der Waals surface area contributed by atoms with Crippen molar-refractivity contribution in [2.45, 2.75) is 59.3 Å². The molecule has 0 spiro atoms. The van der Waals surface area contributed by atoms with Gasteiger partial charge in [-0.25, -0.2) is 0 Å². The van der Waals surface area contributed by atoms with Crippen molar-refractivity contribution in [3.05, 3.63) is 0 Å². The highest BCUT2D eigenvalue weighted by Gasteiger charge is 2.27. The summed E-state index contributed by atoms with van der Waals surface area (Å²) in [6.45, 7) is 8.35. The standard InChI is InChI=1S/C15H31N/c1-12(2)6-5-7-14-10-13(3)8-9-15(14)11-16-4/h12-16H,5-11H2,1-4H3. The van der Waals surface area contributed by atoms with E-state index in [1.54, 1.807) is 0 Å². The zero-order valence-corrected chi connectivity index (χ0v) is 11.8. The Bertz CT molecular complexity index is 176. The lowest BCUT2D eigenvalue weighted by Gasteiger charge is -2.35. The highest BCUT2D eigenvalue weighted by molar-refractivity contribution is 4.79. The van der Waals surface area contributed by atoms with Crippen molar-refractivity contribution < 1.29 is 0 Å². The summed E-state index contributed by atoms with van der Waals surface area (Å²) in [7, 11) is 2.10. The fraction of sp³-hybridized carbons (Fsp3) is 1.00. The zero-order valence-electron chi connectivity index (χ0n) is 11.8. The minimum absolute atomic E-state index is 0.878. The van der Waals surface area contributed by atoms with Crippen LogP contribution in [0, 0.1) is 23.7 Å². The maximum atomic E-state index is 3.38. The molecular weight excluding hydrogens is 194 g/mol. The summed E-state index contributed by atoms with van der Waals surface area (Å²) in [5.41, 5.74) is 0. The van der Waals surface area contributed by atoms with Gasteiger partial charge in [0, 0.05) is 0 Å². The predicted octanol–water partition coefficient (Wildman–Crippen LogP) is 4.08. The Morgan fingerprint density at radius 1 is 1.19 bits per heavy atom. The van der Waals surface area contributed by atoms with Gasteiger partial charge in [0.05, 0.1) is 0 Å². The van der Waals surface area contributed by atoms with Gasteiger partial charge in [0.15, 0.2) is 0 Å². The Balaban J connectivity index is 2.32. The quantitative estimate of drug-likeness (QED) is 0.718. The van der Waals surface area contributed by atoms with Gasteiger partial charge in [-0.3, -0.25) is 0 Å². The van der Waals surface area contributed by atoms with Crippen molar-refractivity contribution in [2.75, 3.05) is 13.6 Å². The van der Waals surface area contributed by atoms with Crippen LogP contribution < -0.4 is 5.32 Å². The van der Waals surface area contributed by atoms with Crippen LogP contribution in [0.25, 0.3) is 0 Å². The summed E-state index contributed by atoms with van der Waals surface area (Å²) in [6, 6.07) is 0. The smallest absolute Gasteiger partial charge is 0.00209 e. The van der Waals surface area contributed by atoms with Crippen LogP contribution in [0.2, 0.25) is 0 Å². The largest absolute Gasteiger partial charge is 0.319 e. The second-order valence-corrected chi connectivity index (χ2v) is 6.32. The van der Waals surface area contributed by atoms with Crippen molar-refractivity contribution in [1.29, 1.82) is 0 Å². The molecule has 16 heavy (non-hydrogen) atoms. The lowest BCUT2D eigenvalue weighted by molar-refractivity contribution is 0.172. The average Bonchev–Trinajstić information content (AvgIpc) is 2.21. The van der Waals surface area contributed by atoms with E-state index in [9.17, 15) is 0 Å². The van der Waals surface area contributed by atoms with E-state index < -0.39 is 0 Å². The van der Waals surface area contributed by atoms with E-state index in [2.05, 4.69) is 33.1 Å². The molecule has 1 saturated carbocycles. The van der Waals surface area contributed by atoms with Gasteiger partial charge >= 0.3 is 0 Å². The molecule has 1 rings (SSSR count). The Morgan fingerprint density at radius 3 is 2.56 bits per heavy atom. The van der Waals surface area contributed by atoms with E-state index in [4.69, 9.17) is 0 Å². The van der Waals surface area contributed by atoms with Crippen LogP contribution in [-0.2, 0) is 0 Å². The summed E-state index contributed by atoms with van der Waals surface area (Å²) >= 11 is 0. The molecule has 1 aliphatic carbocycles. The van der Waals surface area contributed by atoms with Crippen molar-refractivity contribution in [3.63, 3.8) is 0 Å². The topological polar surface area (TPSA) is 12.0 Å². The van der Waals surface area contributed by atoms with Gasteiger partial charge < -0.3 is 5.32 Å². The maximum absolute atomic E-state index is 3.38. The van der Waals surface area contributed by atoms with Gasteiger partial charge in [-0.05, 0) is 50.1 Å². The molecule has 0 amide bonds. The molecular formula is C15H31N. The molecule has 0 aromatic heterocycles. The third-order valence-electron chi connectivity index (χ3n) is 4.22. The molecule has 96 valence electrons. The molecule has 1 N–H and O–H groups in total. The third-order valence-corrected chi connectivity index (χ3v) is 4.22. The Kier molecular flexibility index (Phi) is 6.41. The second-order valence-electron chi connectivity index (χ2n) is 6.32. The molecule has 1 heteroatoms. The highest BCUT2D eigenvalue weighted by Crippen LogP contribution is 2.36. The monoisotopic (exact) mass is 225 g/mol. The summed E-state index contributed by atoms with van der Waals surface area (Å²) in [6.07, 6.45) is 8.70. The average molecular weight is 225 g/mol. The molecule has 1 nitrogen and oxygen atoms in total. The van der Waals surface area contributed by atoms with Gasteiger partial charge in [0.1, 0.15) is 0 Å². The van der Waals surface area contributed by atoms with Crippen molar-refractivity contribution in [3.8, 4) is 0 Å². The first-order chi connectivity index (χ1) is 7.63. The molecule has 0 aromatic carbocycles. The van der Waals surface area contributed by atoms with Crippen LogP contribution in [-0.4, -0.2) is 13.6 Å². The van der Waals surface area contributed by atoms with E-state index in [0.29, 0.717) is 0 Å². The zero-order chi connectivity index (χ0) is 12.0. The van der Waals surface area contributed by atoms with E-state index in [1.165, 1.54) is 45.1 Å². The Morgan fingerprint density at radius 2 is 1.94 bits per heavy atom. The van der Waals surface area contributed by atoms with Gasteiger partial charge in [0.25, 0.3) is 0 Å². The van der Waals surface area contributed by atoms with Crippen LogP contribution in [0.3, 0.4) is 0 Å². The normalized spacial score (nSPS) is 30.9. The number of hydrogen-bond donors (Lipinski definition) is 1. The van der Waals surface area contributed by atoms with Crippen molar-refractivity contribution >= 4 is 0 Å². The number of nitrogens with one attached hydrogen (secondary N) is 1. The van der Waals surface area contributed by atoms with Crippen molar-refractivity contribution in [2.24, 2.45) is 23.7 Å². The highest BCUT2D eigenvalue weighted by atomic mass is 14.8. The first-order valence-corrected chi connectivity index (χ1v) is 7.28. The van der Waals surface area contributed by atoms with Gasteiger partial charge in [-0.1, -0.05) is 46.5 Å². The SMILES string of the molecule is CNCC1CCC(C)CC1CCCC(C)C. The molecule has 1 fully saturated rings. The van der Waals surface area contributed by atoms with Crippen LogP contribution in [0.1, 0.15) is 59.3 Å². The molecule has 3 unspecified atom stereocenters. The maximum Gasteiger partial charge on any atom is -0.00209 e. The molecule has 0 heterocycles. The van der Waals surface area contributed by atoms with Gasteiger partial charge in [-0.15, -0.1) is 0 Å². The Labute approximate surface area is 102 Å². The van der Waals surface area contributed by atoms with Crippen molar-refractivity contribution in [1.82, 2.24) is 5.32 Å². The second kappa shape index (κ2) is 7.32. The van der Waals surface area contributed by atoms with Gasteiger partial charge in [0.2, 0.25) is 0 Å². The molecule has 1 aliphatic rings. The number of hydrogen-bond acceptors (Lipinski definition) is 1. The Hall–Kier alpha value is -0.0400. The fourth-order valence-electron chi connectivity index (χ4n) is 3.23. The summed E-state index contributed by atoms with van der Waals surface area (Å²) in [5, 5.41) is 3.38. The first-order valence-electron chi connectivity index (χ1n) is 7.28. The van der Waals surface area contributed by atoms with E-state index >= 15 is 0 Å². The summed E-state index contributed by atoms with van der Waals surface area (Å²) < 4.78 is 0. The van der Waals surface area contributed by atoms with E-state index in [-0.39, 0.29) is 0 Å². The first kappa shape index (κ1) is 14.0. The van der Waals surface area contributed by atoms with Gasteiger partial charge in [-0.2, -0.15) is 0 Å². The summed E-state index contributed by atoms with van der Waals surface area (Å²) in [5.74, 6) is 3.80. The minimum Gasteiger partial charge on any atom is -0.319 e. The van der Waals surface area contributed by atoms with Crippen LogP contribution >= 0.6 is 0 Å². The van der Waals surface area contributed by atoms with Crippen LogP contribution in [0.5, 0.6) is 0 Å². The summed E-state index contributed by atoms with van der Waals surface area (Å²) in [4.78, 5) is 0. The van der Waals surface area contributed by atoms with E-state index in [0.717, 1.165) is 23.7 Å². The minimum atomic E-state index is 0.878. The lowest BCUT2D eigenvalue weighted by Crippen LogP contribution is -2.31. The molecule has 0 aromatic rings. The lowest BCUT2D eigenvalue weighted by atomic mass is 9.72. The molecule has 0 saturated heterocycles. The third kappa shape index (κ3) is 4.86. The molecule has 0 radical (unpaired) electrons. The van der Waals surface area contributed by atoms with Crippen LogP contribution in [0.4, 0.5) is 0 Å². The molecule has 3 atom stereocenters.